The fourth-order valence-corrected chi connectivity index (χ4v) is 3.73. The van der Waals surface area contributed by atoms with E-state index in [9.17, 15) is 14.4 Å². The second-order valence-corrected chi connectivity index (χ2v) is 8.51. The van der Waals surface area contributed by atoms with E-state index >= 15 is 0 Å². The first-order valence-corrected chi connectivity index (χ1v) is 11.2. The van der Waals surface area contributed by atoms with E-state index in [4.69, 9.17) is 34.8 Å². The van der Waals surface area contributed by atoms with E-state index < -0.39 is 17.7 Å². The molecular weight excluding hydrogens is 499 g/mol. The van der Waals surface area contributed by atoms with Crippen molar-refractivity contribution in [1.82, 2.24) is 9.99 Å². The number of aromatic nitrogens is 1. The Hall–Kier alpha value is -3.52. The second kappa shape index (κ2) is 10.2. The first kappa shape index (κ1) is 23.6. The van der Waals surface area contributed by atoms with Crippen molar-refractivity contribution >= 4 is 69.1 Å². The van der Waals surface area contributed by atoms with Crippen molar-refractivity contribution < 1.29 is 14.4 Å². The van der Waals surface area contributed by atoms with Crippen LogP contribution in [0.25, 0.3) is 10.9 Å². The summed E-state index contributed by atoms with van der Waals surface area (Å²) >= 11 is 18.1. The molecular formula is C24H17Cl3N4O3. The Bertz CT molecular complexity index is 1400. The minimum Gasteiger partial charge on any atom is -0.344 e. The maximum absolute atomic E-state index is 13.1. The van der Waals surface area contributed by atoms with Crippen molar-refractivity contribution in [2.75, 3.05) is 10.7 Å². The molecule has 7 nitrogen and oxygen atoms in total. The summed E-state index contributed by atoms with van der Waals surface area (Å²) in [6.45, 7) is 0.180. The van der Waals surface area contributed by atoms with E-state index in [1.165, 1.54) is 10.7 Å². The van der Waals surface area contributed by atoms with Gasteiger partial charge in [0.25, 0.3) is 5.91 Å². The quantitative estimate of drug-likeness (QED) is 0.317. The number of anilines is 1. The molecule has 172 valence electrons. The molecule has 4 rings (SSSR count). The molecule has 0 unspecified atom stereocenters. The largest absolute Gasteiger partial charge is 0.344 e. The lowest BCUT2D eigenvalue weighted by Crippen LogP contribution is -2.39. The first-order chi connectivity index (χ1) is 16.3. The molecule has 0 radical (unpaired) electrons. The van der Waals surface area contributed by atoms with Gasteiger partial charge >= 0.3 is 11.8 Å². The number of hydrogen-bond donors (Lipinski definition) is 3. The maximum Gasteiger partial charge on any atom is 0.328 e. The summed E-state index contributed by atoms with van der Waals surface area (Å²) in [6.07, 6.45) is 0. The molecule has 0 bridgehead atoms. The highest BCUT2D eigenvalue weighted by Crippen LogP contribution is 2.27. The molecule has 1 heterocycles. The van der Waals surface area contributed by atoms with Crippen LogP contribution in [0.4, 0.5) is 5.69 Å². The fraction of sp³-hybridized carbons (Fsp3) is 0.0417. The number of carbonyl (C=O) groups is 3. The zero-order valence-electron chi connectivity index (χ0n) is 17.4. The third kappa shape index (κ3) is 5.34. The molecule has 0 saturated heterocycles. The van der Waals surface area contributed by atoms with Crippen LogP contribution in [-0.2, 0) is 16.1 Å². The number of carbonyl (C=O) groups excluding carboxylic acids is 3. The van der Waals surface area contributed by atoms with E-state index in [2.05, 4.69) is 16.1 Å². The minimum atomic E-state index is -0.938. The molecule has 0 saturated carbocycles. The zero-order chi connectivity index (χ0) is 24.2. The van der Waals surface area contributed by atoms with E-state index in [0.717, 1.165) is 5.56 Å². The molecule has 0 atom stereocenters. The minimum absolute atomic E-state index is 0.0764. The van der Waals surface area contributed by atoms with Crippen LogP contribution in [0.15, 0.2) is 72.8 Å². The fourth-order valence-electron chi connectivity index (χ4n) is 3.25. The highest BCUT2D eigenvalue weighted by molar-refractivity contribution is 6.42. The smallest absolute Gasteiger partial charge is 0.328 e. The summed E-state index contributed by atoms with van der Waals surface area (Å²) in [4.78, 5) is 38.1. The van der Waals surface area contributed by atoms with Gasteiger partial charge in [-0.15, -0.1) is 0 Å². The van der Waals surface area contributed by atoms with Gasteiger partial charge in [-0.2, -0.15) is 0 Å². The number of nitrogens with zero attached hydrogens (tertiary/aromatic N) is 1. The summed E-state index contributed by atoms with van der Waals surface area (Å²) in [6, 6.07) is 20.3. The third-order valence-electron chi connectivity index (χ3n) is 4.89. The van der Waals surface area contributed by atoms with Gasteiger partial charge in [0, 0.05) is 22.6 Å². The molecule has 0 aliphatic heterocycles. The van der Waals surface area contributed by atoms with Crippen LogP contribution < -0.4 is 16.1 Å². The molecule has 0 spiro atoms. The van der Waals surface area contributed by atoms with Gasteiger partial charge in [0.2, 0.25) is 0 Å². The average Bonchev–Trinajstić information content (AvgIpc) is 3.17. The molecule has 10 heteroatoms. The number of amides is 3. The van der Waals surface area contributed by atoms with Gasteiger partial charge < -0.3 is 10.6 Å². The van der Waals surface area contributed by atoms with Gasteiger partial charge in [-0.25, -0.2) is 4.68 Å². The highest BCUT2D eigenvalue weighted by Gasteiger charge is 2.21. The lowest BCUT2D eigenvalue weighted by atomic mass is 10.2. The van der Waals surface area contributed by atoms with Crippen LogP contribution in [0.3, 0.4) is 0 Å². The van der Waals surface area contributed by atoms with Crippen molar-refractivity contribution in [3.05, 3.63) is 99.1 Å². The second-order valence-electron chi connectivity index (χ2n) is 7.26. The molecule has 3 amide bonds. The topological polar surface area (TPSA) is 92.2 Å². The van der Waals surface area contributed by atoms with Crippen LogP contribution in [0.1, 0.15) is 16.1 Å². The zero-order valence-corrected chi connectivity index (χ0v) is 19.7. The number of benzene rings is 3. The number of fused-ring (bicyclic) bond motifs is 1. The molecule has 34 heavy (non-hydrogen) atoms. The van der Waals surface area contributed by atoms with E-state index in [-0.39, 0.29) is 17.3 Å². The van der Waals surface area contributed by atoms with Crippen molar-refractivity contribution in [1.29, 1.82) is 0 Å². The van der Waals surface area contributed by atoms with Gasteiger partial charge in [-0.3, -0.25) is 19.8 Å². The standard InChI is InChI=1S/C24H17Cl3N4O3/c25-16-6-9-20-15(10-16)11-21(22(32)29-17-7-8-18(26)19(27)12-17)31(20)30-24(34)23(33)28-13-14-4-2-1-3-5-14/h1-12H,13H2,(H,28,33)(H,29,32)(H,30,34). The van der Waals surface area contributed by atoms with Gasteiger partial charge in [0.1, 0.15) is 5.69 Å². The Kier molecular flexibility index (Phi) is 7.07. The average molecular weight is 516 g/mol. The number of hydrogen-bond acceptors (Lipinski definition) is 3. The van der Waals surface area contributed by atoms with Crippen LogP contribution >= 0.6 is 34.8 Å². The highest BCUT2D eigenvalue weighted by atomic mass is 35.5. The third-order valence-corrected chi connectivity index (χ3v) is 5.86. The van der Waals surface area contributed by atoms with Gasteiger partial charge in [-0.05, 0) is 48.0 Å². The number of halogens is 3. The van der Waals surface area contributed by atoms with Gasteiger partial charge in [-0.1, -0.05) is 65.1 Å². The first-order valence-electron chi connectivity index (χ1n) is 10.0. The summed E-state index contributed by atoms with van der Waals surface area (Å²) in [5, 5.41) is 6.92. The molecule has 1 aromatic heterocycles. The Labute approximate surface area is 209 Å². The normalized spacial score (nSPS) is 10.7. The SMILES string of the molecule is O=C(NCc1ccccc1)C(=O)Nn1c(C(=O)Nc2ccc(Cl)c(Cl)c2)cc2cc(Cl)ccc21. The van der Waals surface area contributed by atoms with Crippen molar-refractivity contribution in [2.24, 2.45) is 0 Å². The number of rotatable bonds is 5. The predicted molar refractivity (Wildman–Crippen MR) is 134 cm³/mol. The van der Waals surface area contributed by atoms with Gasteiger partial charge in [0.15, 0.2) is 0 Å². The Morgan fingerprint density at radius 3 is 2.29 bits per heavy atom. The molecule has 3 N–H and O–H groups in total. The van der Waals surface area contributed by atoms with E-state index in [0.29, 0.717) is 26.6 Å². The lowest BCUT2D eigenvalue weighted by molar-refractivity contribution is -0.136. The van der Waals surface area contributed by atoms with Crippen molar-refractivity contribution in [3.63, 3.8) is 0 Å². The predicted octanol–water partition coefficient (Wildman–Crippen LogP) is 5.24. The van der Waals surface area contributed by atoms with Crippen molar-refractivity contribution in [2.45, 2.75) is 6.54 Å². The van der Waals surface area contributed by atoms with Crippen molar-refractivity contribution in [3.8, 4) is 0 Å². The maximum atomic E-state index is 13.1. The summed E-state index contributed by atoms with van der Waals surface area (Å²) in [5.74, 6) is -2.34. The molecule has 0 fully saturated rings. The lowest BCUT2D eigenvalue weighted by Gasteiger charge is -2.13. The summed E-state index contributed by atoms with van der Waals surface area (Å²) in [7, 11) is 0. The van der Waals surface area contributed by atoms with Gasteiger partial charge in [0.05, 0.1) is 15.6 Å². The molecule has 3 aromatic carbocycles. The molecule has 0 aliphatic carbocycles. The van der Waals surface area contributed by atoms with Crippen LogP contribution in [0.2, 0.25) is 15.1 Å². The summed E-state index contributed by atoms with van der Waals surface area (Å²) < 4.78 is 1.24. The Morgan fingerprint density at radius 1 is 0.794 bits per heavy atom. The van der Waals surface area contributed by atoms with E-state index in [1.807, 2.05) is 30.3 Å². The molecule has 4 aromatic rings. The van der Waals surface area contributed by atoms with Crippen LogP contribution in [0, 0.1) is 0 Å². The number of nitrogens with one attached hydrogen (secondary N) is 3. The van der Waals surface area contributed by atoms with E-state index in [1.54, 1.807) is 36.4 Å². The summed E-state index contributed by atoms with van der Waals surface area (Å²) in [5.41, 5.74) is 4.29. The molecule has 0 aliphatic rings. The van der Waals surface area contributed by atoms with Crippen LogP contribution in [0.5, 0.6) is 0 Å². The van der Waals surface area contributed by atoms with Crippen LogP contribution in [-0.4, -0.2) is 22.4 Å². The Balaban J connectivity index is 1.58. The monoisotopic (exact) mass is 514 g/mol. The Morgan fingerprint density at radius 2 is 1.56 bits per heavy atom.